The zero-order chi connectivity index (χ0) is 13.0. The predicted octanol–water partition coefficient (Wildman–Crippen LogP) is 2.40. The zero-order valence-corrected chi connectivity index (χ0v) is 11.1. The maximum Gasteiger partial charge on any atom is 0.0705 e. The lowest BCUT2D eigenvalue weighted by molar-refractivity contribution is 0.220. The maximum atomic E-state index is 5.68. The van der Waals surface area contributed by atoms with Crippen molar-refractivity contribution in [3.8, 4) is 0 Å². The Morgan fingerprint density at radius 3 is 2.72 bits per heavy atom. The fraction of sp³-hybridized carbons (Fsp3) is 0.400. The second-order valence-electron chi connectivity index (χ2n) is 4.84. The molecule has 2 aromatic rings. The van der Waals surface area contributed by atoms with Crippen molar-refractivity contribution in [3.05, 3.63) is 42.1 Å². The van der Waals surface area contributed by atoms with E-state index in [2.05, 4.69) is 48.0 Å². The Balaban J connectivity index is 2.30. The molecule has 0 saturated carbocycles. The Kier molecular flexibility index (Phi) is 4.28. The zero-order valence-electron chi connectivity index (χ0n) is 11.1. The van der Waals surface area contributed by atoms with Crippen LogP contribution in [0.2, 0.25) is 0 Å². The third-order valence-corrected chi connectivity index (χ3v) is 3.26. The molecule has 0 amide bonds. The maximum absolute atomic E-state index is 5.68. The molecule has 0 atom stereocenters. The first-order valence-corrected chi connectivity index (χ1v) is 6.49. The van der Waals surface area contributed by atoms with Gasteiger partial charge in [0.1, 0.15) is 0 Å². The SMILES string of the molecule is CC(C)N(CCN)Cc1ccnc2ccccc12. The van der Waals surface area contributed by atoms with Crippen LogP contribution in [-0.2, 0) is 6.54 Å². The van der Waals surface area contributed by atoms with Crippen molar-refractivity contribution in [2.45, 2.75) is 26.4 Å². The number of nitrogens with zero attached hydrogens (tertiary/aromatic N) is 2. The second-order valence-corrected chi connectivity index (χ2v) is 4.84. The molecule has 18 heavy (non-hydrogen) atoms. The number of fused-ring (bicyclic) bond motifs is 1. The summed E-state index contributed by atoms with van der Waals surface area (Å²) in [6, 6.07) is 10.9. The molecule has 0 radical (unpaired) electrons. The molecule has 1 aromatic heterocycles. The standard InChI is InChI=1S/C15H21N3/c1-12(2)18(10-8-16)11-13-7-9-17-15-6-4-3-5-14(13)15/h3-7,9,12H,8,10-11,16H2,1-2H3. The summed E-state index contributed by atoms with van der Waals surface area (Å²) < 4.78 is 0. The average Bonchev–Trinajstić information content (AvgIpc) is 2.38. The van der Waals surface area contributed by atoms with Gasteiger partial charge >= 0.3 is 0 Å². The van der Waals surface area contributed by atoms with Crippen molar-refractivity contribution in [1.29, 1.82) is 0 Å². The predicted molar refractivity (Wildman–Crippen MR) is 76.3 cm³/mol. The van der Waals surface area contributed by atoms with E-state index in [1.807, 2.05) is 12.3 Å². The Labute approximate surface area is 109 Å². The van der Waals surface area contributed by atoms with Crippen LogP contribution in [0.3, 0.4) is 0 Å². The van der Waals surface area contributed by atoms with Gasteiger partial charge in [0, 0.05) is 37.3 Å². The van der Waals surface area contributed by atoms with Gasteiger partial charge < -0.3 is 5.73 Å². The first-order chi connectivity index (χ1) is 8.72. The van der Waals surface area contributed by atoms with Crippen molar-refractivity contribution >= 4 is 10.9 Å². The van der Waals surface area contributed by atoms with Crippen molar-refractivity contribution < 1.29 is 0 Å². The highest BCUT2D eigenvalue weighted by atomic mass is 15.1. The summed E-state index contributed by atoms with van der Waals surface area (Å²) >= 11 is 0. The van der Waals surface area contributed by atoms with E-state index >= 15 is 0 Å². The number of nitrogens with two attached hydrogens (primary N) is 1. The van der Waals surface area contributed by atoms with E-state index in [-0.39, 0.29) is 0 Å². The normalized spacial score (nSPS) is 11.6. The third kappa shape index (κ3) is 2.86. The van der Waals surface area contributed by atoms with Gasteiger partial charge in [0.2, 0.25) is 0 Å². The fourth-order valence-electron chi connectivity index (χ4n) is 2.20. The Hall–Kier alpha value is -1.45. The molecule has 0 spiro atoms. The number of rotatable bonds is 5. The molecule has 2 rings (SSSR count). The number of aromatic nitrogens is 1. The Morgan fingerprint density at radius 2 is 2.00 bits per heavy atom. The number of hydrogen-bond donors (Lipinski definition) is 1. The average molecular weight is 243 g/mol. The summed E-state index contributed by atoms with van der Waals surface area (Å²) in [7, 11) is 0. The van der Waals surface area contributed by atoms with E-state index in [1.165, 1.54) is 10.9 Å². The van der Waals surface area contributed by atoms with Crippen LogP contribution in [0.4, 0.5) is 0 Å². The summed E-state index contributed by atoms with van der Waals surface area (Å²) in [5, 5.41) is 1.24. The minimum atomic E-state index is 0.500. The van der Waals surface area contributed by atoms with Gasteiger partial charge in [-0.1, -0.05) is 18.2 Å². The Morgan fingerprint density at radius 1 is 1.22 bits per heavy atom. The van der Waals surface area contributed by atoms with Gasteiger partial charge in [0.05, 0.1) is 5.52 Å². The molecule has 2 N–H and O–H groups in total. The topological polar surface area (TPSA) is 42.1 Å². The van der Waals surface area contributed by atoms with Crippen LogP contribution >= 0.6 is 0 Å². The number of para-hydroxylation sites is 1. The molecule has 0 aliphatic heterocycles. The summed E-state index contributed by atoms with van der Waals surface area (Å²) in [6.45, 7) is 6.96. The summed E-state index contributed by atoms with van der Waals surface area (Å²) in [5.74, 6) is 0. The van der Waals surface area contributed by atoms with Crippen LogP contribution < -0.4 is 5.73 Å². The summed E-state index contributed by atoms with van der Waals surface area (Å²) in [6.07, 6.45) is 1.89. The number of benzene rings is 1. The Bertz CT molecular complexity index is 503. The van der Waals surface area contributed by atoms with E-state index in [1.54, 1.807) is 0 Å². The molecule has 1 aromatic carbocycles. The number of pyridine rings is 1. The van der Waals surface area contributed by atoms with Crippen LogP contribution in [0.15, 0.2) is 36.5 Å². The minimum absolute atomic E-state index is 0.500. The molecule has 0 saturated heterocycles. The quantitative estimate of drug-likeness (QED) is 0.877. The highest BCUT2D eigenvalue weighted by Gasteiger charge is 2.11. The molecule has 0 aliphatic rings. The van der Waals surface area contributed by atoms with Gasteiger partial charge in [0.15, 0.2) is 0 Å². The third-order valence-electron chi connectivity index (χ3n) is 3.26. The summed E-state index contributed by atoms with van der Waals surface area (Å²) in [5.41, 5.74) is 8.06. The first kappa shape index (κ1) is 13.0. The largest absolute Gasteiger partial charge is 0.329 e. The van der Waals surface area contributed by atoms with Crippen LogP contribution in [-0.4, -0.2) is 29.0 Å². The molecule has 1 heterocycles. The van der Waals surface area contributed by atoms with E-state index in [0.717, 1.165) is 18.6 Å². The molecule has 3 nitrogen and oxygen atoms in total. The molecule has 0 fully saturated rings. The van der Waals surface area contributed by atoms with E-state index in [4.69, 9.17) is 5.73 Å². The highest BCUT2D eigenvalue weighted by molar-refractivity contribution is 5.81. The molecule has 0 unspecified atom stereocenters. The van der Waals surface area contributed by atoms with E-state index in [9.17, 15) is 0 Å². The molecule has 96 valence electrons. The molecule has 0 aliphatic carbocycles. The van der Waals surface area contributed by atoms with Crippen LogP contribution in [0.1, 0.15) is 19.4 Å². The van der Waals surface area contributed by atoms with Crippen molar-refractivity contribution in [2.24, 2.45) is 5.73 Å². The molecule has 3 heteroatoms. The molecule has 0 bridgehead atoms. The highest BCUT2D eigenvalue weighted by Crippen LogP contribution is 2.18. The number of hydrogen-bond acceptors (Lipinski definition) is 3. The van der Waals surface area contributed by atoms with Crippen LogP contribution in [0.25, 0.3) is 10.9 Å². The van der Waals surface area contributed by atoms with E-state index < -0.39 is 0 Å². The van der Waals surface area contributed by atoms with Crippen molar-refractivity contribution in [2.75, 3.05) is 13.1 Å². The van der Waals surface area contributed by atoms with Crippen molar-refractivity contribution in [1.82, 2.24) is 9.88 Å². The van der Waals surface area contributed by atoms with Crippen LogP contribution in [0.5, 0.6) is 0 Å². The fourth-order valence-corrected chi connectivity index (χ4v) is 2.20. The van der Waals surface area contributed by atoms with Crippen molar-refractivity contribution in [3.63, 3.8) is 0 Å². The summed E-state index contributed by atoms with van der Waals surface area (Å²) in [4.78, 5) is 6.79. The monoisotopic (exact) mass is 243 g/mol. The lowest BCUT2D eigenvalue weighted by atomic mass is 10.1. The molecular weight excluding hydrogens is 222 g/mol. The van der Waals surface area contributed by atoms with Gasteiger partial charge in [0.25, 0.3) is 0 Å². The molecular formula is C15H21N3. The van der Waals surface area contributed by atoms with Gasteiger partial charge in [-0.25, -0.2) is 0 Å². The van der Waals surface area contributed by atoms with Gasteiger partial charge in [-0.15, -0.1) is 0 Å². The first-order valence-electron chi connectivity index (χ1n) is 6.49. The second kappa shape index (κ2) is 5.94. The van der Waals surface area contributed by atoms with Gasteiger partial charge in [-0.3, -0.25) is 9.88 Å². The van der Waals surface area contributed by atoms with Gasteiger partial charge in [-0.05, 0) is 31.5 Å². The lowest BCUT2D eigenvalue weighted by Crippen LogP contribution is -2.34. The smallest absolute Gasteiger partial charge is 0.0705 e. The van der Waals surface area contributed by atoms with E-state index in [0.29, 0.717) is 12.6 Å². The van der Waals surface area contributed by atoms with Crippen LogP contribution in [0, 0.1) is 0 Å². The lowest BCUT2D eigenvalue weighted by Gasteiger charge is -2.26. The minimum Gasteiger partial charge on any atom is -0.329 e. The van der Waals surface area contributed by atoms with Gasteiger partial charge in [-0.2, -0.15) is 0 Å².